The van der Waals surface area contributed by atoms with Crippen LogP contribution >= 0.6 is 0 Å². The molecule has 0 aliphatic heterocycles. The minimum atomic E-state index is -3.01. The highest BCUT2D eigenvalue weighted by Gasteiger charge is 2.33. The maximum atomic E-state index is 10.9. The van der Waals surface area contributed by atoms with E-state index in [1.807, 2.05) is 0 Å². The van der Waals surface area contributed by atoms with Crippen LogP contribution in [-0.2, 0) is 18.4 Å². The minimum Gasteiger partial charge on any atom is -0.465 e. The first kappa shape index (κ1) is 16.8. The molecule has 6 nitrogen and oxygen atoms in total. The van der Waals surface area contributed by atoms with E-state index in [1.54, 1.807) is 18.2 Å². The van der Waals surface area contributed by atoms with Gasteiger partial charge in [-0.2, -0.15) is 0 Å². The summed E-state index contributed by atoms with van der Waals surface area (Å²) in [4.78, 5) is 20.7. The summed E-state index contributed by atoms with van der Waals surface area (Å²) < 4.78 is 20.4. The summed E-state index contributed by atoms with van der Waals surface area (Å²) in [7, 11) is -0.166. The van der Waals surface area contributed by atoms with Gasteiger partial charge in [0.15, 0.2) is 0 Å². The van der Waals surface area contributed by atoms with Gasteiger partial charge in [0.05, 0.1) is 12.9 Å². The molecule has 1 N–H and O–H groups in total. The maximum Gasteiger partial charge on any atom is 0.497 e. The van der Waals surface area contributed by atoms with Gasteiger partial charge in [0.2, 0.25) is 0 Å². The third-order valence-electron chi connectivity index (χ3n) is 2.71. The molecule has 0 aliphatic carbocycles. The fraction of sp³-hybridized carbons (Fsp3) is 0.462. The van der Waals surface area contributed by atoms with Crippen LogP contribution in [0.3, 0.4) is 0 Å². The number of furan rings is 1. The van der Waals surface area contributed by atoms with E-state index in [-0.39, 0.29) is 6.61 Å². The highest BCUT2D eigenvalue weighted by molar-refractivity contribution is 6.59. The van der Waals surface area contributed by atoms with Crippen molar-refractivity contribution in [2.75, 3.05) is 27.4 Å². The van der Waals surface area contributed by atoms with E-state index in [0.717, 1.165) is 6.29 Å². The van der Waals surface area contributed by atoms with Crippen molar-refractivity contribution in [2.45, 2.75) is 12.5 Å². The molecule has 20 heavy (non-hydrogen) atoms. The molecule has 0 amide bonds. The van der Waals surface area contributed by atoms with Gasteiger partial charge in [-0.15, -0.1) is 0 Å². The minimum absolute atomic E-state index is 0.199. The molecule has 0 aliphatic rings. The van der Waals surface area contributed by atoms with Crippen LogP contribution < -0.4 is 0 Å². The number of hydrogen-bond donors (Lipinski definition) is 1. The molecule has 0 fully saturated rings. The van der Waals surface area contributed by atoms with Gasteiger partial charge in [0.1, 0.15) is 12.0 Å². The monoisotopic (exact) mass is 300 g/mol. The first-order chi connectivity index (χ1) is 9.63. The van der Waals surface area contributed by atoms with E-state index in [4.69, 9.17) is 18.0 Å². The van der Waals surface area contributed by atoms with Crippen LogP contribution in [0.15, 0.2) is 28.4 Å². The summed E-state index contributed by atoms with van der Waals surface area (Å²) in [6.45, 7) is 0.607. The number of carbonyl (C=O) groups excluding carboxylic acids is 1. The lowest BCUT2D eigenvalue weighted by molar-refractivity contribution is -0.105. The molecule has 0 atom stereocenters. The summed E-state index contributed by atoms with van der Waals surface area (Å²) in [5.74, 6) is 0.608. The van der Waals surface area contributed by atoms with Crippen LogP contribution in [0, 0.1) is 0 Å². The first-order valence-electron chi connectivity index (χ1n) is 6.23. The zero-order valence-electron chi connectivity index (χ0n) is 11.7. The number of hydrogen-bond acceptors (Lipinski definition) is 6. The van der Waals surface area contributed by atoms with E-state index in [9.17, 15) is 9.59 Å². The highest BCUT2D eigenvalue weighted by Crippen LogP contribution is 2.11. The normalized spacial score (nSPS) is 12.7. The molecule has 7 heteroatoms. The fourth-order valence-electron chi connectivity index (χ4n) is 1.54. The van der Waals surface area contributed by atoms with Gasteiger partial charge in [-0.05, 0) is 24.6 Å². The Morgan fingerprint density at radius 2 is 2.20 bits per heavy atom. The molecule has 0 saturated carbocycles. The standard InChI is InChI=1S/C13H20O6Si/c1-16-20(15,17-2)8-4-6-18-11-12(10-14)9-13-5-3-7-19-13/h3,5,7,9-10,15H,4,6,8,11H2,1-2H3/b12-9+. The SMILES string of the molecule is CO[Si](O)(CCCOC/C(C=O)=C/c1ccco1)OC. The summed E-state index contributed by atoms with van der Waals surface area (Å²) in [5, 5.41) is 0. The average Bonchev–Trinajstić information content (AvgIpc) is 2.98. The lowest BCUT2D eigenvalue weighted by Gasteiger charge is -2.19. The van der Waals surface area contributed by atoms with Crippen molar-refractivity contribution < 1.29 is 27.6 Å². The highest BCUT2D eigenvalue weighted by atomic mass is 28.4. The van der Waals surface area contributed by atoms with Gasteiger partial charge >= 0.3 is 8.80 Å². The molecule has 0 unspecified atom stereocenters. The Morgan fingerprint density at radius 3 is 2.75 bits per heavy atom. The van der Waals surface area contributed by atoms with Gasteiger partial charge in [-0.25, -0.2) is 0 Å². The zero-order chi connectivity index (χ0) is 14.8. The average molecular weight is 300 g/mol. The Morgan fingerprint density at radius 1 is 1.45 bits per heavy atom. The number of aldehydes is 1. The third-order valence-corrected chi connectivity index (χ3v) is 4.97. The molecule has 0 saturated heterocycles. The largest absolute Gasteiger partial charge is 0.497 e. The topological polar surface area (TPSA) is 78.1 Å². The Kier molecular flexibility index (Phi) is 7.41. The summed E-state index contributed by atoms with van der Waals surface area (Å²) in [5.41, 5.74) is 0.492. The van der Waals surface area contributed by atoms with E-state index < -0.39 is 8.80 Å². The van der Waals surface area contributed by atoms with E-state index in [1.165, 1.54) is 20.5 Å². The van der Waals surface area contributed by atoms with Crippen LogP contribution in [0.2, 0.25) is 6.04 Å². The lowest BCUT2D eigenvalue weighted by Crippen LogP contribution is -2.40. The Bertz CT molecular complexity index is 411. The Labute approximate surface area is 119 Å². The molecule has 0 spiro atoms. The molecule has 0 aromatic carbocycles. The zero-order valence-corrected chi connectivity index (χ0v) is 12.7. The van der Waals surface area contributed by atoms with Gasteiger partial charge in [0.25, 0.3) is 0 Å². The van der Waals surface area contributed by atoms with Gasteiger partial charge < -0.3 is 22.8 Å². The van der Waals surface area contributed by atoms with Crippen molar-refractivity contribution in [3.63, 3.8) is 0 Å². The van der Waals surface area contributed by atoms with Crippen LogP contribution in [-0.4, -0.2) is 47.3 Å². The molecule has 0 bridgehead atoms. The number of ether oxygens (including phenoxy) is 1. The summed E-state index contributed by atoms with van der Waals surface area (Å²) in [6.07, 6.45) is 4.49. The van der Waals surface area contributed by atoms with Crippen molar-refractivity contribution in [2.24, 2.45) is 0 Å². The third kappa shape index (κ3) is 5.80. The molecular formula is C13H20O6Si. The summed E-state index contributed by atoms with van der Waals surface area (Å²) in [6, 6.07) is 3.92. The summed E-state index contributed by atoms with van der Waals surface area (Å²) >= 11 is 0. The second-order valence-corrected chi connectivity index (χ2v) is 6.87. The predicted molar refractivity (Wildman–Crippen MR) is 75.0 cm³/mol. The van der Waals surface area contributed by atoms with Crippen LogP contribution in [0.25, 0.3) is 6.08 Å². The second kappa shape index (κ2) is 8.83. The quantitative estimate of drug-likeness (QED) is 0.305. The van der Waals surface area contributed by atoms with E-state index in [0.29, 0.717) is 30.4 Å². The smallest absolute Gasteiger partial charge is 0.465 e. The van der Waals surface area contributed by atoms with Crippen molar-refractivity contribution in [3.8, 4) is 0 Å². The molecule has 1 aromatic heterocycles. The fourth-order valence-corrected chi connectivity index (χ4v) is 2.71. The predicted octanol–water partition coefficient (Wildman–Crippen LogP) is 1.49. The lowest BCUT2D eigenvalue weighted by atomic mass is 10.2. The first-order valence-corrected chi connectivity index (χ1v) is 8.20. The van der Waals surface area contributed by atoms with Crippen LogP contribution in [0.4, 0.5) is 0 Å². The molecule has 112 valence electrons. The Hall–Kier alpha value is -1.25. The van der Waals surface area contributed by atoms with E-state index >= 15 is 0 Å². The Balaban J connectivity index is 2.28. The van der Waals surface area contributed by atoms with E-state index in [2.05, 4.69) is 0 Å². The second-order valence-electron chi connectivity index (χ2n) is 4.13. The van der Waals surface area contributed by atoms with Crippen LogP contribution in [0.5, 0.6) is 0 Å². The maximum absolute atomic E-state index is 10.9. The molecular weight excluding hydrogens is 280 g/mol. The molecule has 1 aromatic rings. The van der Waals surface area contributed by atoms with Crippen molar-refractivity contribution >= 4 is 21.2 Å². The molecule has 1 rings (SSSR count). The molecule has 0 radical (unpaired) electrons. The van der Waals surface area contributed by atoms with Crippen molar-refractivity contribution in [3.05, 3.63) is 29.7 Å². The van der Waals surface area contributed by atoms with Gasteiger partial charge in [0, 0.05) is 32.4 Å². The number of carbonyl (C=O) groups is 1. The molecule has 1 heterocycles. The van der Waals surface area contributed by atoms with Gasteiger partial charge in [-0.1, -0.05) is 0 Å². The van der Waals surface area contributed by atoms with Crippen molar-refractivity contribution in [1.29, 1.82) is 0 Å². The van der Waals surface area contributed by atoms with Gasteiger partial charge in [-0.3, -0.25) is 4.79 Å². The number of rotatable bonds is 10. The van der Waals surface area contributed by atoms with Crippen molar-refractivity contribution in [1.82, 2.24) is 0 Å². The van der Waals surface area contributed by atoms with Crippen LogP contribution in [0.1, 0.15) is 12.2 Å².